The topological polar surface area (TPSA) is 41.5 Å². The summed E-state index contributed by atoms with van der Waals surface area (Å²) in [6, 6.07) is 19.3. The van der Waals surface area contributed by atoms with Gasteiger partial charge in [-0.15, -0.1) is 0 Å². The molecule has 2 rings (SSSR count). The van der Waals surface area contributed by atoms with Crippen LogP contribution >= 0.6 is 0 Å². The minimum absolute atomic E-state index is 0.286. The van der Waals surface area contributed by atoms with E-state index in [2.05, 4.69) is 17.2 Å². The quantitative estimate of drug-likeness (QED) is 0.652. The lowest BCUT2D eigenvalue weighted by molar-refractivity contribution is 0.249. The highest BCUT2D eigenvalue weighted by Crippen LogP contribution is 2.11. The maximum absolute atomic E-state index is 12.0. The number of aliphatic imine (C=N–C) groups is 1. The molecule has 3 heteroatoms. The molecule has 0 unspecified atom stereocenters. The van der Waals surface area contributed by atoms with Gasteiger partial charge in [0.1, 0.15) is 0 Å². The molecule has 0 bridgehead atoms. The summed E-state index contributed by atoms with van der Waals surface area (Å²) in [6.07, 6.45) is 2.02. The molecular weight excluding hydrogens is 260 g/mol. The minimum atomic E-state index is -0.286. The number of unbranched alkanes of at least 4 members (excludes halogenated alkanes) is 1. The molecule has 2 aromatic carbocycles. The number of hydrogen-bond donors (Lipinski definition) is 1. The molecule has 0 fully saturated rings. The third-order valence-corrected chi connectivity index (χ3v) is 3.11. The molecular formula is C18H20N2O. The van der Waals surface area contributed by atoms with E-state index in [1.165, 1.54) is 0 Å². The Labute approximate surface area is 125 Å². The molecule has 0 radical (unpaired) electrons. The molecule has 0 saturated carbocycles. The third kappa shape index (κ3) is 4.56. The number of hydrogen-bond acceptors (Lipinski definition) is 1. The van der Waals surface area contributed by atoms with Gasteiger partial charge >= 0.3 is 6.03 Å². The van der Waals surface area contributed by atoms with Crippen LogP contribution in [0.5, 0.6) is 0 Å². The van der Waals surface area contributed by atoms with Crippen LogP contribution in [0.2, 0.25) is 0 Å². The molecule has 2 aromatic rings. The summed E-state index contributed by atoms with van der Waals surface area (Å²) in [6.45, 7) is 2.75. The minimum Gasteiger partial charge on any atom is -0.336 e. The molecule has 0 spiro atoms. The highest BCUT2D eigenvalue weighted by molar-refractivity contribution is 6.16. The van der Waals surface area contributed by atoms with E-state index in [-0.39, 0.29) is 6.03 Å². The van der Waals surface area contributed by atoms with E-state index in [1.54, 1.807) is 0 Å². The smallest absolute Gasteiger partial charge is 0.336 e. The van der Waals surface area contributed by atoms with Gasteiger partial charge in [0.05, 0.1) is 5.71 Å². The largest absolute Gasteiger partial charge is 0.341 e. The molecule has 0 heterocycles. The first kappa shape index (κ1) is 15.0. The van der Waals surface area contributed by atoms with Crippen LogP contribution in [-0.4, -0.2) is 18.3 Å². The van der Waals surface area contributed by atoms with Gasteiger partial charge in [0, 0.05) is 17.7 Å². The van der Waals surface area contributed by atoms with E-state index in [9.17, 15) is 4.79 Å². The predicted octanol–water partition coefficient (Wildman–Crippen LogP) is 4.03. The van der Waals surface area contributed by atoms with Crippen LogP contribution in [-0.2, 0) is 0 Å². The third-order valence-electron chi connectivity index (χ3n) is 3.11. The van der Waals surface area contributed by atoms with Crippen molar-refractivity contribution in [2.24, 2.45) is 4.99 Å². The number of benzene rings is 2. The van der Waals surface area contributed by atoms with Gasteiger partial charge in [0.25, 0.3) is 0 Å². The van der Waals surface area contributed by atoms with Gasteiger partial charge in [-0.25, -0.2) is 4.79 Å². The molecule has 0 aliphatic rings. The fraction of sp³-hybridized carbons (Fsp3) is 0.222. The molecule has 3 nitrogen and oxygen atoms in total. The number of carbonyl (C=O) groups is 1. The van der Waals surface area contributed by atoms with Crippen LogP contribution in [0.1, 0.15) is 30.9 Å². The van der Waals surface area contributed by atoms with E-state index in [1.807, 2.05) is 60.7 Å². The molecule has 0 aliphatic heterocycles. The van der Waals surface area contributed by atoms with Crippen molar-refractivity contribution in [3.8, 4) is 0 Å². The fourth-order valence-corrected chi connectivity index (χ4v) is 2.00. The monoisotopic (exact) mass is 280 g/mol. The highest BCUT2D eigenvalue weighted by Gasteiger charge is 2.08. The van der Waals surface area contributed by atoms with Gasteiger partial charge in [0.15, 0.2) is 0 Å². The second kappa shape index (κ2) is 8.00. The Bertz CT molecular complexity index is 550. The zero-order valence-corrected chi connectivity index (χ0v) is 12.3. The Hall–Kier alpha value is -2.42. The number of carbonyl (C=O) groups excluding carboxylic acids is 1. The first-order chi connectivity index (χ1) is 10.3. The van der Waals surface area contributed by atoms with Crippen molar-refractivity contribution in [1.29, 1.82) is 0 Å². The lowest BCUT2D eigenvalue weighted by Crippen LogP contribution is -2.22. The molecule has 0 aromatic heterocycles. The number of rotatable bonds is 5. The van der Waals surface area contributed by atoms with Gasteiger partial charge < -0.3 is 5.32 Å². The van der Waals surface area contributed by atoms with Crippen molar-refractivity contribution in [1.82, 2.24) is 5.32 Å². The first-order valence-electron chi connectivity index (χ1n) is 7.28. The SMILES string of the molecule is CCCCNC(=O)N=C(c1ccccc1)c1ccccc1. The van der Waals surface area contributed by atoms with Gasteiger partial charge in [-0.3, -0.25) is 0 Å². The molecule has 0 atom stereocenters. The van der Waals surface area contributed by atoms with Crippen molar-refractivity contribution >= 4 is 11.7 Å². The van der Waals surface area contributed by atoms with Crippen molar-refractivity contribution in [2.75, 3.05) is 6.54 Å². The van der Waals surface area contributed by atoms with Crippen LogP contribution in [0.25, 0.3) is 0 Å². The Morgan fingerprint density at radius 3 is 1.95 bits per heavy atom. The Kier molecular flexibility index (Phi) is 5.71. The van der Waals surface area contributed by atoms with Crippen LogP contribution in [0.3, 0.4) is 0 Å². The van der Waals surface area contributed by atoms with E-state index >= 15 is 0 Å². The van der Waals surface area contributed by atoms with Gasteiger partial charge in [-0.05, 0) is 6.42 Å². The summed E-state index contributed by atoms with van der Waals surface area (Å²) in [4.78, 5) is 16.2. The first-order valence-corrected chi connectivity index (χ1v) is 7.28. The second-order valence-electron chi connectivity index (χ2n) is 4.78. The summed E-state index contributed by atoms with van der Waals surface area (Å²) < 4.78 is 0. The summed E-state index contributed by atoms with van der Waals surface area (Å²) in [5, 5.41) is 2.83. The van der Waals surface area contributed by atoms with Gasteiger partial charge in [-0.1, -0.05) is 74.0 Å². The molecule has 108 valence electrons. The zero-order chi connectivity index (χ0) is 14.9. The molecule has 1 N–H and O–H groups in total. The fourth-order valence-electron chi connectivity index (χ4n) is 2.00. The lowest BCUT2D eigenvalue weighted by atomic mass is 10.0. The Balaban J connectivity index is 2.27. The molecule has 21 heavy (non-hydrogen) atoms. The summed E-state index contributed by atoms with van der Waals surface area (Å²) >= 11 is 0. The van der Waals surface area contributed by atoms with Crippen molar-refractivity contribution in [2.45, 2.75) is 19.8 Å². The second-order valence-corrected chi connectivity index (χ2v) is 4.78. The van der Waals surface area contributed by atoms with E-state index < -0.39 is 0 Å². The summed E-state index contributed by atoms with van der Waals surface area (Å²) in [7, 11) is 0. The van der Waals surface area contributed by atoms with E-state index in [0.29, 0.717) is 12.3 Å². The van der Waals surface area contributed by atoms with Crippen molar-refractivity contribution in [3.05, 3.63) is 71.8 Å². The number of nitrogens with zero attached hydrogens (tertiary/aromatic N) is 1. The highest BCUT2D eigenvalue weighted by atomic mass is 16.2. The normalized spacial score (nSPS) is 9.95. The molecule has 0 saturated heterocycles. The van der Waals surface area contributed by atoms with Gasteiger partial charge in [0.2, 0.25) is 0 Å². The summed E-state index contributed by atoms with van der Waals surface area (Å²) in [5.41, 5.74) is 2.58. The van der Waals surface area contributed by atoms with Crippen LogP contribution in [0.15, 0.2) is 65.7 Å². The van der Waals surface area contributed by atoms with E-state index in [4.69, 9.17) is 0 Å². The predicted molar refractivity (Wildman–Crippen MR) is 86.8 cm³/mol. The number of urea groups is 1. The van der Waals surface area contributed by atoms with Gasteiger partial charge in [-0.2, -0.15) is 4.99 Å². The maximum atomic E-state index is 12.0. The van der Waals surface area contributed by atoms with Crippen LogP contribution < -0.4 is 5.32 Å². The van der Waals surface area contributed by atoms with E-state index in [0.717, 1.165) is 24.0 Å². The van der Waals surface area contributed by atoms with Crippen LogP contribution in [0.4, 0.5) is 4.79 Å². The average molecular weight is 280 g/mol. The zero-order valence-electron chi connectivity index (χ0n) is 12.3. The summed E-state index contributed by atoms with van der Waals surface area (Å²) in [5.74, 6) is 0. The molecule has 2 amide bonds. The Morgan fingerprint density at radius 2 is 1.48 bits per heavy atom. The number of nitrogens with one attached hydrogen (secondary N) is 1. The number of amides is 2. The lowest BCUT2D eigenvalue weighted by Gasteiger charge is -2.07. The standard InChI is InChI=1S/C18H20N2O/c1-2-3-14-19-18(21)20-17(15-10-6-4-7-11-15)16-12-8-5-9-13-16/h4-13H,2-3,14H2,1H3,(H,19,21). The van der Waals surface area contributed by atoms with Crippen molar-refractivity contribution < 1.29 is 4.79 Å². The average Bonchev–Trinajstić information content (AvgIpc) is 2.54. The molecule has 0 aliphatic carbocycles. The Morgan fingerprint density at radius 1 is 0.952 bits per heavy atom. The van der Waals surface area contributed by atoms with Crippen molar-refractivity contribution in [3.63, 3.8) is 0 Å². The maximum Gasteiger partial charge on any atom is 0.341 e. The van der Waals surface area contributed by atoms with Crippen LogP contribution in [0, 0.1) is 0 Å².